The molecular weight excluding hydrogens is 386 g/mol. The molecule has 0 fully saturated rings. The minimum Gasteiger partial charge on any atom is -0.465 e. The normalized spacial score (nSPS) is 16.6. The number of anilines is 1. The molecule has 29 heavy (non-hydrogen) atoms. The van der Waals surface area contributed by atoms with Crippen molar-refractivity contribution in [3.8, 4) is 0 Å². The highest BCUT2D eigenvalue weighted by atomic mass is 32.1. The predicted molar refractivity (Wildman–Crippen MR) is 114 cm³/mol. The molecule has 3 heterocycles. The number of rotatable bonds is 4. The van der Waals surface area contributed by atoms with Gasteiger partial charge < -0.3 is 9.32 Å². The van der Waals surface area contributed by atoms with Crippen molar-refractivity contribution in [3.05, 3.63) is 84.9 Å². The lowest BCUT2D eigenvalue weighted by Gasteiger charge is -2.25. The van der Waals surface area contributed by atoms with Crippen molar-refractivity contribution in [2.45, 2.75) is 19.9 Å². The Balaban J connectivity index is 1.95. The quantitative estimate of drug-likeness (QED) is 0.666. The number of furan rings is 1. The summed E-state index contributed by atoms with van der Waals surface area (Å²) in [6, 6.07) is 11.0. The third kappa shape index (κ3) is 3.38. The maximum Gasteiger partial charge on any atom is 0.271 e. The summed E-state index contributed by atoms with van der Waals surface area (Å²) in [5.41, 5.74) is 2.92. The van der Waals surface area contributed by atoms with E-state index in [2.05, 4.69) is 4.99 Å². The van der Waals surface area contributed by atoms with Crippen LogP contribution in [0.25, 0.3) is 6.08 Å². The number of allylic oxidation sites excluding steroid dienone is 2. The van der Waals surface area contributed by atoms with Crippen molar-refractivity contribution >= 4 is 28.9 Å². The number of Topliss-reactive ketones (excluding diaryl/α,β-unsaturated/α-hetero) is 1. The van der Waals surface area contributed by atoms with E-state index in [1.807, 2.05) is 50.2 Å². The van der Waals surface area contributed by atoms with Crippen molar-refractivity contribution in [2.75, 3.05) is 19.0 Å². The van der Waals surface area contributed by atoms with Crippen LogP contribution in [0.15, 0.2) is 68.1 Å². The van der Waals surface area contributed by atoms with Crippen molar-refractivity contribution in [3.63, 3.8) is 0 Å². The Kier molecular flexibility index (Phi) is 4.84. The summed E-state index contributed by atoms with van der Waals surface area (Å²) in [6.45, 7) is 3.34. The number of nitrogens with zero attached hydrogens (tertiary/aromatic N) is 3. The maximum atomic E-state index is 13.3. The lowest BCUT2D eigenvalue weighted by molar-refractivity contribution is -0.114. The van der Waals surface area contributed by atoms with Crippen LogP contribution in [-0.4, -0.2) is 24.4 Å². The topological polar surface area (TPSA) is 67.8 Å². The van der Waals surface area contributed by atoms with E-state index in [0.717, 1.165) is 11.3 Å². The molecule has 0 aliphatic carbocycles. The van der Waals surface area contributed by atoms with Crippen LogP contribution < -0.4 is 19.8 Å². The molecule has 0 spiro atoms. The van der Waals surface area contributed by atoms with Gasteiger partial charge in [0.25, 0.3) is 5.56 Å². The molecular formula is C22H21N3O3S. The molecule has 1 aliphatic rings. The molecule has 3 aromatic rings. The van der Waals surface area contributed by atoms with Gasteiger partial charge in [0.05, 0.1) is 16.8 Å². The highest BCUT2D eigenvalue weighted by Crippen LogP contribution is 2.31. The molecule has 0 N–H and O–H groups in total. The first kappa shape index (κ1) is 19.1. The molecule has 0 saturated heterocycles. The molecule has 4 rings (SSSR count). The fourth-order valence-corrected chi connectivity index (χ4v) is 4.57. The summed E-state index contributed by atoms with van der Waals surface area (Å²) >= 11 is 1.30. The number of ketones is 1. The third-order valence-corrected chi connectivity index (χ3v) is 5.93. The standard InChI is InChI=1S/C22H21N3O3S/c1-13-19(14(2)26)20(15-7-9-16(10-8-15)24(3)4)25-21(27)18(29-22(25)23-13)12-17-6-5-11-28-17/h5-12,20H,1-4H3/b18-12+/t20-/m0/s1. The first-order valence-electron chi connectivity index (χ1n) is 9.21. The number of hydrogen-bond donors (Lipinski definition) is 0. The Morgan fingerprint density at radius 1 is 1.24 bits per heavy atom. The second-order valence-corrected chi connectivity index (χ2v) is 8.15. The minimum absolute atomic E-state index is 0.0896. The summed E-state index contributed by atoms with van der Waals surface area (Å²) in [4.78, 5) is 32.9. The number of benzene rings is 1. The second-order valence-electron chi connectivity index (χ2n) is 7.14. The largest absolute Gasteiger partial charge is 0.465 e. The van der Waals surface area contributed by atoms with E-state index in [9.17, 15) is 9.59 Å². The first-order chi connectivity index (χ1) is 13.9. The van der Waals surface area contributed by atoms with E-state index in [1.54, 1.807) is 29.0 Å². The van der Waals surface area contributed by atoms with Crippen LogP contribution in [0, 0.1) is 0 Å². The number of aromatic nitrogens is 1. The molecule has 0 saturated carbocycles. The lowest BCUT2D eigenvalue weighted by Crippen LogP contribution is -2.39. The van der Waals surface area contributed by atoms with Gasteiger partial charge in [-0.05, 0) is 43.7 Å². The zero-order chi connectivity index (χ0) is 20.7. The van der Waals surface area contributed by atoms with Crippen molar-refractivity contribution in [2.24, 2.45) is 4.99 Å². The Bertz CT molecular complexity index is 1280. The van der Waals surface area contributed by atoms with Crippen LogP contribution in [0.2, 0.25) is 0 Å². The second kappa shape index (κ2) is 7.33. The minimum atomic E-state index is -0.501. The molecule has 0 unspecified atom stereocenters. The average Bonchev–Trinajstić information content (AvgIpc) is 3.29. The predicted octanol–water partition coefficient (Wildman–Crippen LogP) is 2.48. The van der Waals surface area contributed by atoms with Crippen LogP contribution in [0.4, 0.5) is 5.69 Å². The van der Waals surface area contributed by atoms with Gasteiger partial charge >= 0.3 is 0 Å². The highest BCUT2D eigenvalue weighted by molar-refractivity contribution is 7.07. The zero-order valence-corrected chi connectivity index (χ0v) is 17.5. The monoisotopic (exact) mass is 407 g/mol. The number of carbonyl (C=O) groups is 1. The summed E-state index contributed by atoms with van der Waals surface area (Å²) in [5.74, 6) is 0.512. The van der Waals surface area contributed by atoms with Crippen molar-refractivity contribution in [1.82, 2.24) is 4.57 Å². The van der Waals surface area contributed by atoms with Gasteiger partial charge in [0.15, 0.2) is 10.6 Å². The van der Waals surface area contributed by atoms with Gasteiger partial charge in [-0.2, -0.15) is 0 Å². The lowest BCUT2D eigenvalue weighted by atomic mass is 9.93. The van der Waals surface area contributed by atoms with Gasteiger partial charge in [0, 0.05) is 37.1 Å². The van der Waals surface area contributed by atoms with Crippen LogP contribution >= 0.6 is 11.3 Å². The van der Waals surface area contributed by atoms with Crippen LogP contribution in [0.3, 0.4) is 0 Å². The summed E-state index contributed by atoms with van der Waals surface area (Å²) in [6.07, 6.45) is 3.28. The van der Waals surface area contributed by atoms with Crippen LogP contribution in [-0.2, 0) is 4.79 Å². The number of thiazole rings is 1. The Morgan fingerprint density at radius 2 is 1.97 bits per heavy atom. The van der Waals surface area contributed by atoms with Gasteiger partial charge in [0.1, 0.15) is 5.76 Å². The van der Waals surface area contributed by atoms with Crippen molar-refractivity contribution in [1.29, 1.82) is 0 Å². The van der Waals surface area contributed by atoms with E-state index >= 15 is 0 Å². The third-order valence-electron chi connectivity index (χ3n) is 4.94. The summed E-state index contributed by atoms with van der Waals surface area (Å²) < 4.78 is 7.49. The fourth-order valence-electron chi connectivity index (χ4n) is 3.54. The summed E-state index contributed by atoms with van der Waals surface area (Å²) in [7, 11) is 3.94. The van der Waals surface area contributed by atoms with E-state index in [-0.39, 0.29) is 11.3 Å². The van der Waals surface area contributed by atoms with E-state index in [1.165, 1.54) is 18.3 Å². The van der Waals surface area contributed by atoms with Gasteiger partial charge in [-0.25, -0.2) is 4.99 Å². The smallest absolute Gasteiger partial charge is 0.271 e. The van der Waals surface area contributed by atoms with Gasteiger partial charge in [0.2, 0.25) is 0 Å². The molecule has 1 aromatic carbocycles. The molecule has 148 valence electrons. The summed E-state index contributed by atoms with van der Waals surface area (Å²) in [5, 5.41) is 0. The van der Waals surface area contributed by atoms with Crippen LogP contribution in [0.5, 0.6) is 0 Å². The fraction of sp³-hybridized carbons (Fsp3) is 0.227. The number of carbonyl (C=O) groups excluding carboxylic acids is 1. The molecule has 0 amide bonds. The number of fused-ring (bicyclic) bond motifs is 1. The van der Waals surface area contributed by atoms with Gasteiger partial charge in [-0.1, -0.05) is 23.5 Å². The highest BCUT2D eigenvalue weighted by Gasteiger charge is 2.30. The molecule has 1 aliphatic heterocycles. The van der Waals surface area contributed by atoms with E-state index in [4.69, 9.17) is 4.42 Å². The zero-order valence-electron chi connectivity index (χ0n) is 16.7. The Hall–Kier alpha value is -3.19. The van der Waals surface area contributed by atoms with E-state index < -0.39 is 6.04 Å². The maximum absolute atomic E-state index is 13.3. The molecule has 2 aromatic heterocycles. The van der Waals surface area contributed by atoms with Crippen LogP contribution in [0.1, 0.15) is 31.2 Å². The molecule has 7 heteroatoms. The molecule has 0 radical (unpaired) electrons. The molecule has 1 atom stereocenters. The van der Waals surface area contributed by atoms with Crippen molar-refractivity contribution < 1.29 is 9.21 Å². The molecule has 0 bridgehead atoms. The Morgan fingerprint density at radius 3 is 2.55 bits per heavy atom. The SMILES string of the molecule is CC(=O)C1=C(C)N=c2s/c(=C/c3ccco3)c(=O)n2[C@H]1c1ccc(N(C)C)cc1. The average molecular weight is 407 g/mol. The van der Waals surface area contributed by atoms with E-state index in [0.29, 0.717) is 26.4 Å². The Labute approximate surface area is 171 Å². The van der Waals surface area contributed by atoms with Gasteiger partial charge in [-0.3, -0.25) is 14.2 Å². The van der Waals surface area contributed by atoms with Gasteiger partial charge in [-0.15, -0.1) is 0 Å². The first-order valence-corrected chi connectivity index (χ1v) is 10.0. The number of hydrogen-bond acceptors (Lipinski definition) is 6. The molecule has 6 nitrogen and oxygen atoms in total.